The molecule has 0 bridgehead atoms. The molecule has 5 heteroatoms. The van der Waals surface area contributed by atoms with Gasteiger partial charge in [-0.2, -0.15) is 0 Å². The van der Waals surface area contributed by atoms with Crippen LogP contribution in [0.15, 0.2) is 48.7 Å². The fourth-order valence-electron chi connectivity index (χ4n) is 2.20. The first-order chi connectivity index (χ1) is 9.58. The van der Waals surface area contributed by atoms with E-state index < -0.39 is 0 Å². The molecule has 0 saturated carbocycles. The molecule has 0 aliphatic rings. The third kappa shape index (κ3) is 4.46. The van der Waals surface area contributed by atoms with Gasteiger partial charge in [0, 0.05) is 0 Å². The number of benzene rings is 1. The highest BCUT2D eigenvalue weighted by atomic mass is 35.5. The number of nitrogen functional groups attached to an aromatic ring is 1. The SMILES string of the molecule is CC(C)C(C(=O)Nc1ccc(N)nc1)c1ccccc1.Cl. The molecule has 1 heterocycles. The molecule has 112 valence electrons. The van der Waals surface area contributed by atoms with Crippen LogP contribution in [0.4, 0.5) is 11.5 Å². The summed E-state index contributed by atoms with van der Waals surface area (Å²) in [5.41, 5.74) is 7.21. The monoisotopic (exact) mass is 305 g/mol. The Kier molecular flexibility index (Phi) is 6.18. The van der Waals surface area contributed by atoms with Crippen LogP contribution < -0.4 is 11.1 Å². The lowest BCUT2D eigenvalue weighted by atomic mass is 9.87. The molecule has 4 nitrogen and oxygen atoms in total. The van der Waals surface area contributed by atoms with Gasteiger partial charge in [0.1, 0.15) is 5.82 Å². The van der Waals surface area contributed by atoms with Crippen LogP contribution >= 0.6 is 12.4 Å². The lowest BCUT2D eigenvalue weighted by Gasteiger charge is -2.20. The summed E-state index contributed by atoms with van der Waals surface area (Å²) in [5.74, 6) is 0.428. The average Bonchev–Trinajstić information content (AvgIpc) is 2.42. The molecule has 0 fully saturated rings. The van der Waals surface area contributed by atoms with Crippen LogP contribution in [0.3, 0.4) is 0 Å². The van der Waals surface area contributed by atoms with Gasteiger partial charge in [-0.3, -0.25) is 4.79 Å². The van der Waals surface area contributed by atoms with Crippen molar-refractivity contribution in [2.75, 3.05) is 11.1 Å². The highest BCUT2D eigenvalue weighted by molar-refractivity contribution is 5.96. The number of rotatable bonds is 4. The van der Waals surface area contributed by atoms with E-state index in [4.69, 9.17) is 5.73 Å². The molecule has 2 rings (SSSR count). The minimum Gasteiger partial charge on any atom is -0.384 e. The molecule has 21 heavy (non-hydrogen) atoms. The number of nitrogens with one attached hydrogen (secondary N) is 1. The predicted octanol–water partition coefficient (Wildman–Crippen LogP) is 3.46. The summed E-state index contributed by atoms with van der Waals surface area (Å²) in [4.78, 5) is 16.4. The van der Waals surface area contributed by atoms with Crippen LogP contribution in [0, 0.1) is 5.92 Å². The minimum absolute atomic E-state index is 0. The molecule has 0 radical (unpaired) electrons. The summed E-state index contributed by atoms with van der Waals surface area (Å²) in [6.07, 6.45) is 1.57. The van der Waals surface area contributed by atoms with E-state index in [1.807, 2.05) is 44.2 Å². The molecule has 0 spiro atoms. The fourth-order valence-corrected chi connectivity index (χ4v) is 2.20. The highest BCUT2D eigenvalue weighted by Gasteiger charge is 2.24. The summed E-state index contributed by atoms with van der Waals surface area (Å²) in [5, 5.41) is 2.89. The number of hydrogen-bond donors (Lipinski definition) is 2. The number of carbonyl (C=O) groups is 1. The predicted molar refractivity (Wildman–Crippen MR) is 88.5 cm³/mol. The molecule has 1 aromatic heterocycles. The van der Waals surface area contributed by atoms with Crippen molar-refractivity contribution in [2.45, 2.75) is 19.8 Å². The second-order valence-corrected chi connectivity index (χ2v) is 5.09. The van der Waals surface area contributed by atoms with Crippen molar-refractivity contribution >= 4 is 29.8 Å². The van der Waals surface area contributed by atoms with Crippen molar-refractivity contribution in [1.82, 2.24) is 4.98 Å². The number of pyridine rings is 1. The van der Waals surface area contributed by atoms with Gasteiger partial charge < -0.3 is 11.1 Å². The van der Waals surface area contributed by atoms with E-state index in [0.29, 0.717) is 11.5 Å². The lowest BCUT2D eigenvalue weighted by molar-refractivity contribution is -0.118. The quantitative estimate of drug-likeness (QED) is 0.909. The zero-order valence-electron chi connectivity index (χ0n) is 12.1. The maximum absolute atomic E-state index is 12.5. The van der Waals surface area contributed by atoms with Crippen molar-refractivity contribution < 1.29 is 4.79 Å². The Labute approximate surface area is 131 Å². The molecule has 0 saturated heterocycles. The molecule has 1 amide bonds. The Bertz CT molecular complexity index is 570. The second-order valence-electron chi connectivity index (χ2n) is 5.09. The Balaban J connectivity index is 0.00000220. The maximum atomic E-state index is 12.5. The summed E-state index contributed by atoms with van der Waals surface area (Å²) in [7, 11) is 0. The fraction of sp³-hybridized carbons (Fsp3) is 0.250. The van der Waals surface area contributed by atoms with Gasteiger partial charge in [0.15, 0.2) is 0 Å². The van der Waals surface area contributed by atoms with Gasteiger partial charge >= 0.3 is 0 Å². The number of carbonyl (C=O) groups excluding carboxylic acids is 1. The molecular weight excluding hydrogens is 286 g/mol. The van der Waals surface area contributed by atoms with Gasteiger partial charge in [-0.25, -0.2) is 4.98 Å². The summed E-state index contributed by atoms with van der Waals surface area (Å²) < 4.78 is 0. The number of nitrogens with zero attached hydrogens (tertiary/aromatic N) is 1. The average molecular weight is 306 g/mol. The Morgan fingerprint density at radius 1 is 1.14 bits per heavy atom. The number of anilines is 2. The summed E-state index contributed by atoms with van der Waals surface area (Å²) in [6.45, 7) is 4.08. The van der Waals surface area contributed by atoms with Crippen LogP contribution in [0.5, 0.6) is 0 Å². The van der Waals surface area contributed by atoms with E-state index in [1.54, 1.807) is 18.3 Å². The zero-order chi connectivity index (χ0) is 14.5. The molecule has 3 N–H and O–H groups in total. The number of nitrogens with two attached hydrogens (primary N) is 1. The number of hydrogen-bond acceptors (Lipinski definition) is 3. The Morgan fingerprint density at radius 2 is 1.81 bits per heavy atom. The van der Waals surface area contributed by atoms with Crippen molar-refractivity contribution in [1.29, 1.82) is 0 Å². The second kappa shape index (κ2) is 7.64. The minimum atomic E-state index is -0.186. The van der Waals surface area contributed by atoms with E-state index in [-0.39, 0.29) is 30.2 Å². The van der Waals surface area contributed by atoms with Gasteiger partial charge in [0.25, 0.3) is 0 Å². The molecule has 1 aromatic carbocycles. The molecule has 1 atom stereocenters. The first-order valence-electron chi connectivity index (χ1n) is 6.65. The zero-order valence-corrected chi connectivity index (χ0v) is 12.9. The van der Waals surface area contributed by atoms with Gasteiger partial charge in [-0.05, 0) is 23.6 Å². The number of aromatic nitrogens is 1. The first kappa shape index (κ1) is 17.0. The molecule has 0 aliphatic carbocycles. The van der Waals surface area contributed by atoms with Crippen molar-refractivity contribution in [3.05, 3.63) is 54.2 Å². The molecule has 2 aromatic rings. The van der Waals surface area contributed by atoms with Gasteiger partial charge in [-0.1, -0.05) is 44.2 Å². The number of halogens is 1. The lowest BCUT2D eigenvalue weighted by Crippen LogP contribution is -2.25. The van der Waals surface area contributed by atoms with Crippen LogP contribution in [0.25, 0.3) is 0 Å². The van der Waals surface area contributed by atoms with Crippen molar-refractivity contribution in [3.63, 3.8) is 0 Å². The van der Waals surface area contributed by atoms with Crippen LogP contribution in [-0.2, 0) is 4.79 Å². The van der Waals surface area contributed by atoms with Gasteiger partial charge in [0.05, 0.1) is 17.8 Å². The van der Waals surface area contributed by atoms with E-state index in [1.165, 1.54) is 0 Å². The Hall–Kier alpha value is -2.07. The van der Waals surface area contributed by atoms with E-state index >= 15 is 0 Å². The summed E-state index contributed by atoms with van der Waals surface area (Å²) in [6, 6.07) is 13.2. The maximum Gasteiger partial charge on any atom is 0.232 e. The van der Waals surface area contributed by atoms with Gasteiger partial charge in [-0.15, -0.1) is 12.4 Å². The number of amides is 1. The normalized spacial score (nSPS) is 11.6. The van der Waals surface area contributed by atoms with Crippen LogP contribution in [0.1, 0.15) is 25.3 Å². The topological polar surface area (TPSA) is 68.0 Å². The van der Waals surface area contributed by atoms with Gasteiger partial charge in [0.2, 0.25) is 5.91 Å². The third-order valence-electron chi connectivity index (χ3n) is 3.16. The molecule has 0 aliphatic heterocycles. The molecule has 1 unspecified atom stereocenters. The van der Waals surface area contributed by atoms with E-state index in [0.717, 1.165) is 5.56 Å². The standard InChI is InChI=1S/C16H19N3O.ClH/c1-11(2)15(12-6-4-3-5-7-12)16(20)19-13-8-9-14(17)18-10-13;/h3-11,15H,1-2H3,(H2,17,18)(H,19,20);1H. The largest absolute Gasteiger partial charge is 0.384 e. The highest BCUT2D eigenvalue weighted by Crippen LogP contribution is 2.26. The summed E-state index contributed by atoms with van der Waals surface area (Å²) >= 11 is 0. The van der Waals surface area contributed by atoms with Crippen LogP contribution in [0.2, 0.25) is 0 Å². The van der Waals surface area contributed by atoms with E-state index in [9.17, 15) is 4.79 Å². The van der Waals surface area contributed by atoms with Crippen LogP contribution in [-0.4, -0.2) is 10.9 Å². The van der Waals surface area contributed by atoms with Crippen molar-refractivity contribution in [3.8, 4) is 0 Å². The molecular formula is C16H20ClN3O. The smallest absolute Gasteiger partial charge is 0.232 e. The Morgan fingerprint density at radius 3 is 2.33 bits per heavy atom. The third-order valence-corrected chi connectivity index (χ3v) is 3.16. The van der Waals surface area contributed by atoms with E-state index in [2.05, 4.69) is 10.3 Å². The van der Waals surface area contributed by atoms with Crippen molar-refractivity contribution in [2.24, 2.45) is 5.92 Å². The first-order valence-corrected chi connectivity index (χ1v) is 6.65.